The Morgan fingerprint density at radius 2 is 1.93 bits per heavy atom. The summed E-state index contributed by atoms with van der Waals surface area (Å²) in [5.74, 6) is 2.59. The van der Waals surface area contributed by atoms with Crippen LogP contribution in [0.1, 0.15) is 79.6 Å². The first-order valence-corrected chi connectivity index (χ1v) is 12.8. The standard InChI is InChI=1S/C24H40O3Si/c1-21(2,3)28-27-15-24-13-12-22(4,26)14-16(24)6-7-17-18-8-9-20(25)23(18,5)11-10-19(17)24/h8-9,16-19,26H,6-7,10-15,28H2,1-5H3/t16-,17+,18+,19+,22-,23+,24-/m1/s1. The molecule has 3 fully saturated rings. The van der Waals surface area contributed by atoms with Gasteiger partial charge in [-0.1, -0.05) is 33.8 Å². The summed E-state index contributed by atoms with van der Waals surface area (Å²) in [5, 5.41) is 11.1. The van der Waals surface area contributed by atoms with Gasteiger partial charge in [-0.05, 0) is 92.1 Å². The van der Waals surface area contributed by atoms with Gasteiger partial charge >= 0.3 is 0 Å². The number of fused-ring (bicyclic) bond motifs is 5. The Hall–Kier alpha value is -0.453. The average molecular weight is 405 g/mol. The van der Waals surface area contributed by atoms with E-state index in [1.165, 1.54) is 12.8 Å². The first kappa shape index (κ1) is 20.8. The van der Waals surface area contributed by atoms with Crippen molar-refractivity contribution in [1.82, 2.24) is 0 Å². The van der Waals surface area contributed by atoms with Gasteiger partial charge in [0.1, 0.15) is 0 Å². The number of hydrogen-bond acceptors (Lipinski definition) is 3. The van der Waals surface area contributed by atoms with E-state index in [-0.39, 0.29) is 10.8 Å². The van der Waals surface area contributed by atoms with Crippen molar-refractivity contribution in [3.8, 4) is 0 Å². The van der Waals surface area contributed by atoms with Crippen molar-refractivity contribution in [3.63, 3.8) is 0 Å². The lowest BCUT2D eigenvalue weighted by atomic mass is 9.44. The third-order valence-electron chi connectivity index (χ3n) is 8.83. The van der Waals surface area contributed by atoms with Crippen molar-refractivity contribution in [1.29, 1.82) is 0 Å². The summed E-state index contributed by atoms with van der Waals surface area (Å²) in [7, 11) is -0.579. The Morgan fingerprint density at radius 1 is 1.18 bits per heavy atom. The molecule has 7 atom stereocenters. The van der Waals surface area contributed by atoms with Crippen molar-refractivity contribution in [3.05, 3.63) is 12.2 Å². The summed E-state index contributed by atoms with van der Waals surface area (Å²) in [6.45, 7) is 12.0. The van der Waals surface area contributed by atoms with Gasteiger partial charge in [0, 0.05) is 12.0 Å². The second-order valence-corrected chi connectivity index (χ2v) is 15.1. The van der Waals surface area contributed by atoms with E-state index in [9.17, 15) is 9.90 Å². The monoisotopic (exact) mass is 404 g/mol. The smallest absolute Gasteiger partial charge is 0.166 e. The maximum Gasteiger partial charge on any atom is 0.166 e. The second-order valence-electron chi connectivity index (χ2n) is 12.2. The minimum Gasteiger partial charge on any atom is -0.423 e. The molecule has 0 bridgehead atoms. The van der Waals surface area contributed by atoms with Gasteiger partial charge in [-0.15, -0.1) is 0 Å². The van der Waals surface area contributed by atoms with Crippen LogP contribution in [0.3, 0.4) is 0 Å². The number of aliphatic hydroxyl groups is 1. The third kappa shape index (κ3) is 3.37. The molecule has 4 aliphatic carbocycles. The second kappa shape index (κ2) is 6.78. The molecule has 4 heteroatoms. The van der Waals surface area contributed by atoms with Crippen LogP contribution in [0.25, 0.3) is 0 Å². The van der Waals surface area contributed by atoms with Crippen LogP contribution in [0.4, 0.5) is 0 Å². The molecule has 3 saturated carbocycles. The minimum atomic E-state index is -0.579. The van der Waals surface area contributed by atoms with E-state index in [0.717, 1.165) is 38.7 Å². The number of carbonyl (C=O) groups is 1. The number of carbonyl (C=O) groups excluding carboxylic acids is 1. The van der Waals surface area contributed by atoms with E-state index in [0.29, 0.717) is 34.5 Å². The van der Waals surface area contributed by atoms with Crippen LogP contribution in [0.5, 0.6) is 0 Å². The summed E-state index contributed by atoms with van der Waals surface area (Å²) < 4.78 is 6.54. The van der Waals surface area contributed by atoms with E-state index in [4.69, 9.17) is 4.43 Å². The lowest BCUT2D eigenvalue weighted by Gasteiger charge is -2.62. The van der Waals surface area contributed by atoms with Crippen molar-refractivity contribution in [2.45, 2.75) is 90.2 Å². The van der Waals surface area contributed by atoms with Crippen LogP contribution < -0.4 is 0 Å². The fourth-order valence-electron chi connectivity index (χ4n) is 7.34. The predicted molar refractivity (Wildman–Crippen MR) is 116 cm³/mol. The molecule has 0 unspecified atom stereocenters. The van der Waals surface area contributed by atoms with Crippen molar-refractivity contribution >= 4 is 15.5 Å². The van der Waals surface area contributed by atoms with Crippen LogP contribution in [-0.4, -0.2) is 32.9 Å². The highest BCUT2D eigenvalue weighted by molar-refractivity contribution is 6.31. The van der Waals surface area contributed by atoms with Gasteiger partial charge in [0.25, 0.3) is 0 Å². The minimum absolute atomic E-state index is 0.156. The fourth-order valence-corrected chi connectivity index (χ4v) is 8.43. The molecule has 0 radical (unpaired) electrons. The number of allylic oxidation sites excluding steroid dienone is 2. The zero-order chi connectivity index (χ0) is 20.4. The van der Waals surface area contributed by atoms with E-state index < -0.39 is 15.4 Å². The molecule has 0 amide bonds. The van der Waals surface area contributed by atoms with Crippen LogP contribution >= 0.6 is 0 Å². The molecule has 4 rings (SSSR count). The molecule has 0 aromatic rings. The maximum atomic E-state index is 12.6. The average Bonchev–Trinajstić information content (AvgIpc) is 2.89. The van der Waals surface area contributed by atoms with Crippen molar-refractivity contribution in [2.75, 3.05) is 6.61 Å². The summed E-state index contributed by atoms with van der Waals surface area (Å²) >= 11 is 0. The van der Waals surface area contributed by atoms with Crippen molar-refractivity contribution in [2.24, 2.45) is 34.5 Å². The van der Waals surface area contributed by atoms with E-state index >= 15 is 0 Å². The molecule has 0 spiro atoms. The number of ketones is 1. The van der Waals surface area contributed by atoms with Gasteiger partial charge in [-0.2, -0.15) is 0 Å². The maximum absolute atomic E-state index is 12.6. The van der Waals surface area contributed by atoms with Gasteiger partial charge in [0.2, 0.25) is 0 Å². The van der Waals surface area contributed by atoms with Crippen LogP contribution in [-0.2, 0) is 9.22 Å². The molecule has 0 aliphatic heterocycles. The van der Waals surface area contributed by atoms with E-state index in [1.807, 2.05) is 13.0 Å². The summed E-state index contributed by atoms with van der Waals surface area (Å²) in [6.07, 6.45) is 11.6. The molecule has 0 aromatic carbocycles. The quantitative estimate of drug-likeness (QED) is 0.708. The summed E-state index contributed by atoms with van der Waals surface area (Å²) in [4.78, 5) is 12.6. The Kier molecular flexibility index (Phi) is 5.04. The van der Waals surface area contributed by atoms with E-state index in [1.54, 1.807) is 0 Å². The van der Waals surface area contributed by atoms with Crippen molar-refractivity contribution < 1.29 is 14.3 Å². The van der Waals surface area contributed by atoms with Gasteiger partial charge in [0.05, 0.1) is 5.60 Å². The van der Waals surface area contributed by atoms with Crippen LogP contribution in [0.15, 0.2) is 12.2 Å². The highest BCUT2D eigenvalue weighted by Gasteiger charge is 2.61. The summed E-state index contributed by atoms with van der Waals surface area (Å²) in [6, 6.07) is 0. The molecule has 158 valence electrons. The largest absolute Gasteiger partial charge is 0.423 e. The predicted octanol–water partition coefficient (Wildman–Crippen LogP) is 4.42. The Morgan fingerprint density at radius 3 is 2.64 bits per heavy atom. The first-order chi connectivity index (χ1) is 13.0. The highest BCUT2D eigenvalue weighted by atomic mass is 28.2. The molecular formula is C24H40O3Si. The molecule has 3 nitrogen and oxygen atoms in total. The third-order valence-corrected chi connectivity index (χ3v) is 10.1. The van der Waals surface area contributed by atoms with Gasteiger partial charge in [-0.3, -0.25) is 4.79 Å². The normalized spacial score (nSPS) is 48.6. The first-order valence-electron chi connectivity index (χ1n) is 11.5. The Balaban J connectivity index is 1.62. The molecule has 1 N–H and O–H groups in total. The zero-order valence-electron chi connectivity index (χ0n) is 18.6. The molecule has 0 heterocycles. The van der Waals surface area contributed by atoms with Gasteiger partial charge in [-0.25, -0.2) is 0 Å². The molecular weight excluding hydrogens is 364 g/mol. The molecule has 0 saturated heterocycles. The lowest BCUT2D eigenvalue weighted by molar-refractivity contribution is -0.163. The van der Waals surface area contributed by atoms with Gasteiger partial charge < -0.3 is 9.53 Å². The topological polar surface area (TPSA) is 46.5 Å². The molecule has 28 heavy (non-hydrogen) atoms. The van der Waals surface area contributed by atoms with E-state index in [2.05, 4.69) is 33.8 Å². The number of rotatable bonds is 3. The van der Waals surface area contributed by atoms with Gasteiger partial charge in [0.15, 0.2) is 15.5 Å². The zero-order valence-corrected chi connectivity index (χ0v) is 20.0. The number of hydrogen-bond donors (Lipinski definition) is 1. The summed E-state index contributed by atoms with van der Waals surface area (Å²) in [5.41, 5.74) is -0.463. The highest BCUT2D eigenvalue weighted by Crippen LogP contribution is 2.65. The van der Waals surface area contributed by atoms with Crippen LogP contribution in [0, 0.1) is 34.5 Å². The Bertz CT molecular complexity index is 663. The van der Waals surface area contributed by atoms with Crippen LogP contribution in [0.2, 0.25) is 5.04 Å². The molecule has 4 aliphatic rings. The SMILES string of the molecule is CC(C)(C)[SiH2]OC[C@]12CC[C@@](C)(O)C[C@H]1CC[C@@H]1[C@@H]2CC[C@]2(C)C(=O)C=C[C@@H]12. The Labute approximate surface area is 173 Å². The molecule has 0 aromatic heterocycles. The fraction of sp³-hybridized carbons (Fsp3) is 0.875. The lowest BCUT2D eigenvalue weighted by Crippen LogP contribution is -2.58.